The Labute approximate surface area is 190 Å². The van der Waals surface area contributed by atoms with Gasteiger partial charge in [0.05, 0.1) is 17.9 Å². The van der Waals surface area contributed by atoms with E-state index in [9.17, 15) is 23.4 Å². The second-order valence-electron chi connectivity index (χ2n) is 8.77. The molecular weight excluding hydrogens is 418 g/mol. The van der Waals surface area contributed by atoms with E-state index >= 15 is 0 Å². The highest BCUT2D eigenvalue weighted by Crippen LogP contribution is 2.13. The van der Waals surface area contributed by atoms with Crippen LogP contribution < -0.4 is 5.32 Å². The van der Waals surface area contributed by atoms with Gasteiger partial charge in [0.15, 0.2) is 0 Å². The molecule has 0 saturated carbocycles. The standard InChI is InChI=1S/C23H47NO6S/c1-3-5-7-9-10-11-12-14-16-18-22(26)23(27)24-20(19-31(28,29)30)21(25)17-15-13-8-6-4-2/h20-22,25-26H,3-19H2,1-2H3,(H,24,27)(H,28,29,30). The highest BCUT2D eigenvalue weighted by molar-refractivity contribution is 7.85. The Morgan fingerprint density at radius 2 is 1.16 bits per heavy atom. The van der Waals surface area contributed by atoms with E-state index < -0.39 is 40.0 Å². The molecule has 186 valence electrons. The van der Waals surface area contributed by atoms with E-state index in [4.69, 9.17) is 4.55 Å². The first-order chi connectivity index (χ1) is 14.7. The van der Waals surface area contributed by atoms with Crippen molar-refractivity contribution in [2.24, 2.45) is 0 Å². The van der Waals surface area contributed by atoms with Crippen molar-refractivity contribution in [2.75, 3.05) is 5.75 Å². The molecule has 1 amide bonds. The molecule has 0 bridgehead atoms. The third-order valence-electron chi connectivity index (χ3n) is 5.67. The van der Waals surface area contributed by atoms with Crippen LogP contribution in [0.25, 0.3) is 0 Å². The van der Waals surface area contributed by atoms with Crippen LogP contribution >= 0.6 is 0 Å². The van der Waals surface area contributed by atoms with Crippen LogP contribution in [0.2, 0.25) is 0 Å². The molecule has 0 aliphatic rings. The number of carbonyl (C=O) groups excluding carboxylic acids is 1. The van der Waals surface area contributed by atoms with Crippen molar-refractivity contribution in [1.82, 2.24) is 5.32 Å². The number of rotatable bonds is 21. The highest BCUT2D eigenvalue weighted by atomic mass is 32.2. The Bertz CT molecular complexity index is 540. The molecule has 3 atom stereocenters. The number of hydrogen-bond donors (Lipinski definition) is 4. The third kappa shape index (κ3) is 18.6. The summed E-state index contributed by atoms with van der Waals surface area (Å²) in [6.45, 7) is 4.30. The summed E-state index contributed by atoms with van der Waals surface area (Å²) in [5.74, 6) is -1.46. The maximum Gasteiger partial charge on any atom is 0.266 e. The molecule has 0 spiro atoms. The van der Waals surface area contributed by atoms with Crippen molar-refractivity contribution >= 4 is 16.0 Å². The average molecular weight is 466 g/mol. The number of amides is 1. The highest BCUT2D eigenvalue weighted by Gasteiger charge is 2.28. The van der Waals surface area contributed by atoms with Crippen LogP contribution in [0.3, 0.4) is 0 Å². The van der Waals surface area contributed by atoms with Gasteiger partial charge in [-0.15, -0.1) is 0 Å². The molecule has 31 heavy (non-hydrogen) atoms. The van der Waals surface area contributed by atoms with Crippen molar-refractivity contribution in [3.63, 3.8) is 0 Å². The molecule has 0 aromatic carbocycles. The summed E-state index contributed by atoms with van der Waals surface area (Å²) >= 11 is 0. The van der Waals surface area contributed by atoms with Gasteiger partial charge in [0.2, 0.25) is 5.91 Å². The Hall–Kier alpha value is -0.700. The zero-order valence-electron chi connectivity index (χ0n) is 19.7. The summed E-state index contributed by atoms with van der Waals surface area (Å²) < 4.78 is 31.8. The number of aliphatic hydroxyl groups excluding tert-OH is 2. The SMILES string of the molecule is CCCCCCCCCCCC(O)C(=O)NC(CS(=O)(=O)O)C(O)CCCCCCC. The fourth-order valence-corrected chi connectivity index (χ4v) is 4.45. The Kier molecular flexibility index (Phi) is 18.4. The molecule has 4 N–H and O–H groups in total. The van der Waals surface area contributed by atoms with Gasteiger partial charge in [-0.25, -0.2) is 0 Å². The lowest BCUT2D eigenvalue weighted by Gasteiger charge is -2.24. The van der Waals surface area contributed by atoms with Crippen LogP contribution in [0, 0.1) is 0 Å². The van der Waals surface area contributed by atoms with E-state index in [1.807, 2.05) is 0 Å². The second kappa shape index (κ2) is 18.8. The molecule has 0 aliphatic carbocycles. The van der Waals surface area contributed by atoms with Gasteiger partial charge in [0.25, 0.3) is 10.1 Å². The summed E-state index contributed by atoms with van der Waals surface area (Å²) in [4.78, 5) is 12.3. The van der Waals surface area contributed by atoms with Crippen molar-refractivity contribution in [3.05, 3.63) is 0 Å². The maximum absolute atomic E-state index is 12.3. The topological polar surface area (TPSA) is 124 Å². The smallest absolute Gasteiger partial charge is 0.266 e. The van der Waals surface area contributed by atoms with Crippen molar-refractivity contribution in [2.45, 2.75) is 135 Å². The minimum Gasteiger partial charge on any atom is -0.391 e. The van der Waals surface area contributed by atoms with E-state index in [1.54, 1.807) is 0 Å². The number of nitrogens with one attached hydrogen (secondary N) is 1. The molecule has 0 aromatic rings. The van der Waals surface area contributed by atoms with Gasteiger partial charge in [0, 0.05) is 0 Å². The van der Waals surface area contributed by atoms with E-state index in [2.05, 4.69) is 19.2 Å². The van der Waals surface area contributed by atoms with Crippen LogP contribution in [-0.4, -0.2) is 53.1 Å². The number of unbranched alkanes of at least 4 members (excludes halogenated alkanes) is 12. The van der Waals surface area contributed by atoms with Gasteiger partial charge < -0.3 is 15.5 Å². The first-order valence-corrected chi connectivity index (χ1v) is 13.9. The summed E-state index contributed by atoms with van der Waals surface area (Å²) in [6.07, 6.45) is 13.3. The minimum absolute atomic E-state index is 0.299. The zero-order valence-corrected chi connectivity index (χ0v) is 20.5. The summed E-state index contributed by atoms with van der Waals surface area (Å²) in [7, 11) is -4.37. The van der Waals surface area contributed by atoms with Gasteiger partial charge in [0.1, 0.15) is 6.10 Å². The molecule has 0 aliphatic heterocycles. The van der Waals surface area contributed by atoms with Gasteiger partial charge in [-0.1, -0.05) is 104 Å². The lowest BCUT2D eigenvalue weighted by Crippen LogP contribution is -2.50. The molecule has 0 radical (unpaired) electrons. The van der Waals surface area contributed by atoms with Crippen LogP contribution in [-0.2, 0) is 14.9 Å². The van der Waals surface area contributed by atoms with Gasteiger partial charge in [-0.3, -0.25) is 9.35 Å². The third-order valence-corrected chi connectivity index (χ3v) is 6.45. The van der Waals surface area contributed by atoms with E-state index in [0.717, 1.165) is 44.9 Å². The predicted molar refractivity (Wildman–Crippen MR) is 126 cm³/mol. The number of hydrogen-bond acceptors (Lipinski definition) is 5. The van der Waals surface area contributed by atoms with Crippen molar-refractivity contribution in [3.8, 4) is 0 Å². The first kappa shape index (κ1) is 30.3. The summed E-state index contributed by atoms with van der Waals surface area (Å²) in [6, 6.07) is -1.13. The number of aliphatic hydroxyl groups is 2. The fourth-order valence-electron chi connectivity index (χ4n) is 3.69. The Morgan fingerprint density at radius 3 is 1.61 bits per heavy atom. The second-order valence-corrected chi connectivity index (χ2v) is 10.3. The maximum atomic E-state index is 12.3. The van der Waals surface area contributed by atoms with Crippen molar-refractivity contribution < 1.29 is 28.0 Å². The normalized spacial score (nSPS) is 14.9. The van der Waals surface area contributed by atoms with Crippen LogP contribution in [0.15, 0.2) is 0 Å². The van der Waals surface area contributed by atoms with Gasteiger partial charge in [-0.2, -0.15) is 8.42 Å². The molecule has 8 heteroatoms. The molecule has 0 aromatic heterocycles. The molecule has 0 fully saturated rings. The predicted octanol–water partition coefficient (Wildman–Crippen LogP) is 4.36. The molecule has 3 unspecified atom stereocenters. The number of carbonyl (C=O) groups is 1. The quantitative estimate of drug-likeness (QED) is 0.147. The van der Waals surface area contributed by atoms with Crippen LogP contribution in [0.4, 0.5) is 0 Å². The molecule has 0 rings (SSSR count). The summed E-state index contributed by atoms with van der Waals surface area (Å²) in [5.41, 5.74) is 0. The lowest BCUT2D eigenvalue weighted by molar-refractivity contribution is -0.131. The van der Waals surface area contributed by atoms with Crippen LogP contribution in [0.1, 0.15) is 117 Å². The molecule has 0 saturated heterocycles. The van der Waals surface area contributed by atoms with Gasteiger partial charge in [-0.05, 0) is 12.8 Å². The fraction of sp³-hybridized carbons (Fsp3) is 0.957. The molecule has 7 nitrogen and oxygen atoms in total. The van der Waals surface area contributed by atoms with E-state index in [1.165, 1.54) is 32.1 Å². The Morgan fingerprint density at radius 1 is 0.742 bits per heavy atom. The zero-order chi connectivity index (χ0) is 23.5. The first-order valence-electron chi connectivity index (χ1n) is 12.3. The van der Waals surface area contributed by atoms with E-state index in [-0.39, 0.29) is 0 Å². The van der Waals surface area contributed by atoms with Crippen LogP contribution in [0.5, 0.6) is 0 Å². The van der Waals surface area contributed by atoms with Crippen molar-refractivity contribution in [1.29, 1.82) is 0 Å². The van der Waals surface area contributed by atoms with Gasteiger partial charge >= 0.3 is 0 Å². The minimum atomic E-state index is -4.37. The largest absolute Gasteiger partial charge is 0.391 e. The molecular formula is C23H47NO6S. The average Bonchev–Trinajstić information content (AvgIpc) is 2.70. The Balaban J connectivity index is 4.28. The summed E-state index contributed by atoms with van der Waals surface area (Å²) in [5, 5.41) is 22.9. The van der Waals surface area contributed by atoms with E-state index in [0.29, 0.717) is 25.7 Å². The lowest BCUT2D eigenvalue weighted by atomic mass is 10.0. The monoisotopic (exact) mass is 465 g/mol. The molecule has 0 heterocycles.